The van der Waals surface area contributed by atoms with Crippen LogP contribution in [0.25, 0.3) is 0 Å². The van der Waals surface area contributed by atoms with Crippen molar-refractivity contribution < 1.29 is 40.1 Å². The molecule has 192 valence electrons. The monoisotopic (exact) mass is 488 g/mol. The molecule has 0 aromatic heterocycles. The first kappa shape index (κ1) is 24.9. The summed E-state index contributed by atoms with van der Waals surface area (Å²) < 4.78 is 12.3. The maximum absolute atomic E-state index is 12.1. The summed E-state index contributed by atoms with van der Waals surface area (Å²) in [4.78, 5) is 0. The van der Waals surface area contributed by atoms with E-state index in [-0.39, 0.29) is 24.9 Å². The number of aliphatic hydroxyl groups excluding tert-OH is 4. The van der Waals surface area contributed by atoms with Crippen molar-refractivity contribution in [1.29, 1.82) is 0 Å². The van der Waals surface area contributed by atoms with Gasteiger partial charge in [0.15, 0.2) is 5.60 Å². The van der Waals surface area contributed by atoms with Gasteiger partial charge in [0.05, 0.1) is 12.2 Å². The molecule has 2 saturated carbocycles. The van der Waals surface area contributed by atoms with Crippen LogP contribution in [0.5, 0.6) is 5.75 Å². The van der Waals surface area contributed by atoms with Crippen molar-refractivity contribution in [2.45, 2.75) is 74.0 Å². The van der Waals surface area contributed by atoms with Crippen molar-refractivity contribution in [3.05, 3.63) is 54.6 Å². The van der Waals surface area contributed by atoms with Gasteiger partial charge in [-0.15, -0.1) is 6.58 Å². The van der Waals surface area contributed by atoms with Crippen LogP contribution in [-0.4, -0.2) is 79.2 Å². The SMILES string of the molecule is C=CCc1ccc(O[C@H]2O[C@@H]3[C@@H](O)[C@@H](CCO)CC[C@@H]4[C@H]5C=C[C@@H](O)C[C@@H]5[C@@]2(O)[C@@H](O)[C@@]43O)cc1. The Morgan fingerprint density at radius 2 is 1.77 bits per heavy atom. The lowest BCUT2D eigenvalue weighted by Gasteiger charge is -2.65. The summed E-state index contributed by atoms with van der Waals surface area (Å²) in [5.74, 6) is -1.46. The number of fused-ring (bicyclic) bond motifs is 4. The van der Waals surface area contributed by atoms with E-state index in [1.54, 1.807) is 24.3 Å². The van der Waals surface area contributed by atoms with E-state index in [9.17, 15) is 30.6 Å². The van der Waals surface area contributed by atoms with Gasteiger partial charge in [-0.3, -0.25) is 0 Å². The molecular weight excluding hydrogens is 452 g/mol. The molecule has 3 aliphatic carbocycles. The number of hydrogen-bond donors (Lipinski definition) is 6. The smallest absolute Gasteiger partial charge is 0.232 e. The molecular formula is C27H36O8. The fourth-order valence-electron chi connectivity index (χ4n) is 7.09. The predicted octanol–water partition coefficient (Wildman–Crippen LogP) is 0.678. The third-order valence-electron chi connectivity index (χ3n) is 8.84. The fourth-order valence-corrected chi connectivity index (χ4v) is 7.09. The summed E-state index contributed by atoms with van der Waals surface area (Å²) in [7, 11) is 0. The van der Waals surface area contributed by atoms with Crippen LogP contribution < -0.4 is 4.74 Å². The van der Waals surface area contributed by atoms with Gasteiger partial charge in [-0.05, 0) is 67.6 Å². The van der Waals surface area contributed by atoms with E-state index in [1.165, 1.54) is 0 Å². The summed E-state index contributed by atoms with van der Waals surface area (Å²) in [6.07, 6.45) is 1.16. The highest BCUT2D eigenvalue weighted by Gasteiger charge is 2.75. The van der Waals surface area contributed by atoms with E-state index < -0.39 is 53.7 Å². The average Bonchev–Trinajstić information content (AvgIpc) is 2.95. The maximum atomic E-state index is 12.1. The Balaban J connectivity index is 1.58. The fraction of sp³-hybridized carbons (Fsp3) is 0.630. The minimum Gasteiger partial charge on any atom is -0.462 e. The molecule has 3 fully saturated rings. The molecule has 5 rings (SSSR count). The van der Waals surface area contributed by atoms with E-state index in [2.05, 4.69) is 6.58 Å². The Bertz CT molecular complexity index is 949. The van der Waals surface area contributed by atoms with Crippen LogP contribution in [0, 0.1) is 23.7 Å². The number of hydrogen-bond acceptors (Lipinski definition) is 8. The summed E-state index contributed by atoms with van der Waals surface area (Å²) in [5.41, 5.74) is -2.94. The van der Waals surface area contributed by atoms with Crippen LogP contribution in [-0.2, 0) is 11.2 Å². The van der Waals surface area contributed by atoms with Gasteiger partial charge in [0.25, 0.3) is 0 Å². The lowest BCUT2D eigenvalue weighted by atomic mass is 9.50. The molecule has 1 aliphatic heterocycles. The van der Waals surface area contributed by atoms with E-state index in [1.807, 2.05) is 18.2 Å². The molecule has 1 aromatic rings. The summed E-state index contributed by atoms with van der Waals surface area (Å²) >= 11 is 0. The minimum atomic E-state index is -2.03. The molecule has 8 nitrogen and oxygen atoms in total. The molecule has 0 spiro atoms. The molecule has 4 aliphatic rings. The molecule has 6 N–H and O–H groups in total. The molecule has 0 unspecified atom stereocenters. The Labute approximate surface area is 205 Å². The largest absolute Gasteiger partial charge is 0.462 e. The van der Waals surface area contributed by atoms with Gasteiger partial charge in [-0.2, -0.15) is 0 Å². The number of allylic oxidation sites excluding steroid dienone is 2. The molecule has 35 heavy (non-hydrogen) atoms. The van der Waals surface area contributed by atoms with Gasteiger partial charge in [0, 0.05) is 12.5 Å². The zero-order valence-corrected chi connectivity index (χ0v) is 19.7. The first-order valence-electron chi connectivity index (χ1n) is 12.5. The summed E-state index contributed by atoms with van der Waals surface area (Å²) in [6, 6.07) is 7.19. The lowest BCUT2D eigenvalue weighted by Crippen LogP contribution is -2.83. The van der Waals surface area contributed by atoms with Crippen molar-refractivity contribution in [2.24, 2.45) is 23.7 Å². The second-order valence-corrected chi connectivity index (χ2v) is 10.6. The number of ether oxygens (including phenoxy) is 2. The Morgan fingerprint density at radius 1 is 1.03 bits per heavy atom. The first-order chi connectivity index (χ1) is 16.7. The van der Waals surface area contributed by atoms with E-state index in [0.717, 1.165) is 5.56 Å². The van der Waals surface area contributed by atoms with E-state index in [0.29, 0.717) is 31.4 Å². The average molecular weight is 489 g/mol. The van der Waals surface area contributed by atoms with Crippen molar-refractivity contribution in [2.75, 3.05) is 6.61 Å². The van der Waals surface area contributed by atoms with Crippen LogP contribution in [0.15, 0.2) is 49.1 Å². The second-order valence-electron chi connectivity index (χ2n) is 10.6. The quantitative estimate of drug-likeness (QED) is 0.321. The van der Waals surface area contributed by atoms with Crippen molar-refractivity contribution >= 4 is 0 Å². The van der Waals surface area contributed by atoms with Gasteiger partial charge >= 0.3 is 0 Å². The minimum absolute atomic E-state index is 0.126. The van der Waals surface area contributed by atoms with E-state index >= 15 is 0 Å². The topological polar surface area (TPSA) is 140 Å². The van der Waals surface area contributed by atoms with Gasteiger partial charge in [0.2, 0.25) is 6.29 Å². The second kappa shape index (κ2) is 9.27. The molecule has 1 heterocycles. The van der Waals surface area contributed by atoms with Crippen LogP contribution in [0.1, 0.15) is 31.2 Å². The van der Waals surface area contributed by atoms with Crippen molar-refractivity contribution in [1.82, 2.24) is 0 Å². The molecule has 11 atom stereocenters. The highest BCUT2D eigenvalue weighted by Crippen LogP contribution is 2.60. The third kappa shape index (κ3) is 3.78. The van der Waals surface area contributed by atoms with Gasteiger partial charge in [-0.25, -0.2) is 0 Å². The number of benzene rings is 1. The summed E-state index contributed by atoms with van der Waals surface area (Å²) in [6.45, 7) is 3.61. The Kier molecular flexibility index (Phi) is 6.59. The van der Waals surface area contributed by atoms with Crippen LogP contribution in [0.3, 0.4) is 0 Å². The highest BCUT2D eigenvalue weighted by atomic mass is 16.7. The van der Waals surface area contributed by atoms with Crippen LogP contribution in [0.4, 0.5) is 0 Å². The summed E-state index contributed by atoms with van der Waals surface area (Å²) in [5, 5.41) is 67.0. The standard InChI is InChI=1S/C27H36O8/c1-2-3-15-4-8-18(9-5-15)34-25-27(33)21-14-17(29)7-10-19(21)20-11-6-16(12-13-28)22(30)23(35-25)26(20,32)24(27)31/h2,4-5,7-10,16-17,19-25,28-33H,1,3,6,11-14H2/t16-,17-,19-,20-,21+,22+,23-,24+,25+,26-,27-/m1/s1. The molecule has 1 saturated heterocycles. The highest BCUT2D eigenvalue weighted by molar-refractivity contribution is 5.31. The lowest BCUT2D eigenvalue weighted by molar-refractivity contribution is -0.405. The Hall–Kier alpha value is -1.78. The van der Waals surface area contributed by atoms with Crippen LogP contribution in [0.2, 0.25) is 0 Å². The zero-order valence-electron chi connectivity index (χ0n) is 19.7. The van der Waals surface area contributed by atoms with Crippen LogP contribution >= 0.6 is 0 Å². The first-order valence-corrected chi connectivity index (χ1v) is 12.5. The normalized spacial score (nSPS) is 46.4. The Morgan fingerprint density at radius 3 is 2.46 bits per heavy atom. The maximum Gasteiger partial charge on any atom is 0.232 e. The number of rotatable bonds is 6. The predicted molar refractivity (Wildman–Crippen MR) is 126 cm³/mol. The van der Waals surface area contributed by atoms with Crippen molar-refractivity contribution in [3.63, 3.8) is 0 Å². The third-order valence-corrected chi connectivity index (χ3v) is 8.84. The van der Waals surface area contributed by atoms with E-state index in [4.69, 9.17) is 9.47 Å². The molecule has 0 radical (unpaired) electrons. The molecule has 8 heteroatoms. The zero-order chi connectivity index (χ0) is 25.0. The van der Waals surface area contributed by atoms with Gasteiger partial charge < -0.3 is 40.1 Å². The molecule has 0 amide bonds. The molecule has 1 aromatic carbocycles. The van der Waals surface area contributed by atoms with Crippen molar-refractivity contribution in [3.8, 4) is 5.75 Å². The number of aliphatic hydroxyl groups is 6. The van der Waals surface area contributed by atoms with Gasteiger partial charge in [0.1, 0.15) is 23.6 Å². The molecule has 2 bridgehead atoms. The van der Waals surface area contributed by atoms with Gasteiger partial charge in [-0.1, -0.05) is 30.4 Å².